The fourth-order valence-corrected chi connectivity index (χ4v) is 2.17. The molecule has 0 spiro atoms. The van der Waals surface area contributed by atoms with Crippen molar-refractivity contribution < 1.29 is 19.1 Å². The molecule has 128 valence electrons. The standard InChI is InChI=1S/C17H15N3O4S/c1-24-16(23)11-7-5-10(6-8-11)15(22)20-17(25)19-13-4-2-3-12(9-13)14(18)21/h2-9H,1H3,(H2,18,21)(H2,19,20,22,25). The molecule has 0 aromatic heterocycles. The summed E-state index contributed by atoms with van der Waals surface area (Å²) in [6.45, 7) is 0. The fraction of sp³-hybridized carbons (Fsp3) is 0.0588. The molecule has 2 aromatic rings. The van der Waals surface area contributed by atoms with E-state index >= 15 is 0 Å². The first-order chi connectivity index (χ1) is 11.9. The normalized spacial score (nSPS) is 9.80. The van der Waals surface area contributed by atoms with Gasteiger partial charge in [-0.05, 0) is 54.7 Å². The molecule has 7 nitrogen and oxygen atoms in total. The quantitative estimate of drug-likeness (QED) is 0.567. The number of ether oxygens (including phenoxy) is 1. The number of methoxy groups -OCH3 is 1. The first-order valence-electron chi connectivity index (χ1n) is 7.11. The zero-order valence-electron chi connectivity index (χ0n) is 13.2. The number of carbonyl (C=O) groups is 3. The molecular formula is C17H15N3O4S. The van der Waals surface area contributed by atoms with Crippen LogP contribution in [-0.2, 0) is 4.74 Å². The predicted molar refractivity (Wildman–Crippen MR) is 96.4 cm³/mol. The number of nitrogens with two attached hydrogens (primary N) is 1. The molecule has 0 radical (unpaired) electrons. The number of thiocarbonyl (C=S) groups is 1. The Balaban J connectivity index is 2.00. The Bertz CT molecular complexity index is 834. The summed E-state index contributed by atoms with van der Waals surface area (Å²) in [5, 5.41) is 5.36. The number of benzene rings is 2. The van der Waals surface area contributed by atoms with Crippen LogP contribution in [0.25, 0.3) is 0 Å². The lowest BCUT2D eigenvalue weighted by molar-refractivity contribution is 0.0600. The Morgan fingerprint density at radius 2 is 1.64 bits per heavy atom. The summed E-state index contributed by atoms with van der Waals surface area (Å²) in [6, 6.07) is 12.3. The van der Waals surface area contributed by atoms with Gasteiger partial charge in [-0.1, -0.05) is 6.07 Å². The van der Waals surface area contributed by atoms with E-state index < -0.39 is 17.8 Å². The number of amides is 2. The van der Waals surface area contributed by atoms with Crippen LogP contribution in [0.15, 0.2) is 48.5 Å². The summed E-state index contributed by atoms with van der Waals surface area (Å²) in [6.07, 6.45) is 0. The molecule has 0 aliphatic carbocycles. The van der Waals surface area contributed by atoms with Crippen molar-refractivity contribution in [3.8, 4) is 0 Å². The average molecular weight is 357 g/mol. The van der Waals surface area contributed by atoms with Gasteiger partial charge in [-0.15, -0.1) is 0 Å². The number of rotatable bonds is 4. The lowest BCUT2D eigenvalue weighted by atomic mass is 10.1. The van der Waals surface area contributed by atoms with Crippen LogP contribution in [0.5, 0.6) is 0 Å². The molecule has 4 N–H and O–H groups in total. The van der Waals surface area contributed by atoms with E-state index in [1.54, 1.807) is 18.2 Å². The third kappa shape index (κ3) is 4.85. The minimum Gasteiger partial charge on any atom is -0.465 e. The molecule has 2 rings (SSSR count). The Hall–Kier alpha value is -3.26. The maximum Gasteiger partial charge on any atom is 0.337 e. The van der Waals surface area contributed by atoms with Gasteiger partial charge in [0, 0.05) is 16.8 Å². The SMILES string of the molecule is COC(=O)c1ccc(C(=O)NC(=S)Nc2cccc(C(N)=O)c2)cc1. The third-order valence-electron chi connectivity index (χ3n) is 3.20. The van der Waals surface area contributed by atoms with Gasteiger partial charge >= 0.3 is 5.97 Å². The highest BCUT2D eigenvalue weighted by atomic mass is 32.1. The maximum atomic E-state index is 12.1. The Morgan fingerprint density at radius 1 is 1.00 bits per heavy atom. The summed E-state index contributed by atoms with van der Waals surface area (Å²) in [7, 11) is 1.28. The topological polar surface area (TPSA) is 111 Å². The second kappa shape index (κ2) is 8.02. The molecule has 2 amide bonds. The average Bonchev–Trinajstić information content (AvgIpc) is 2.61. The monoisotopic (exact) mass is 357 g/mol. The third-order valence-corrected chi connectivity index (χ3v) is 3.40. The summed E-state index contributed by atoms with van der Waals surface area (Å²) in [5.41, 5.74) is 6.70. The van der Waals surface area contributed by atoms with Crippen molar-refractivity contribution in [3.63, 3.8) is 0 Å². The smallest absolute Gasteiger partial charge is 0.337 e. The molecule has 0 bridgehead atoms. The van der Waals surface area contributed by atoms with Crippen molar-refractivity contribution in [2.75, 3.05) is 12.4 Å². The molecule has 0 aliphatic heterocycles. The van der Waals surface area contributed by atoms with Crippen molar-refractivity contribution in [2.45, 2.75) is 0 Å². The Morgan fingerprint density at radius 3 is 2.24 bits per heavy atom. The van der Waals surface area contributed by atoms with Crippen LogP contribution in [0.2, 0.25) is 0 Å². The van der Waals surface area contributed by atoms with Crippen LogP contribution < -0.4 is 16.4 Å². The van der Waals surface area contributed by atoms with E-state index in [1.165, 1.54) is 37.4 Å². The lowest BCUT2D eigenvalue weighted by Crippen LogP contribution is -2.34. The summed E-state index contributed by atoms with van der Waals surface area (Å²) in [5.74, 6) is -1.50. The molecule has 0 atom stereocenters. The van der Waals surface area contributed by atoms with Gasteiger partial charge in [0.2, 0.25) is 5.91 Å². The lowest BCUT2D eigenvalue weighted by Gasteiger charge is -2.10. The van der Waals surface area contributed by atoms with Gasteiger partial charge in [-0.3, -0.25) is 14.9 Å². The van der Waals surface area contributed by atoms with Crippen LogP contribution in [-0.4, -0.2) is 30.0 Å². The van der Waals surface area contributed by atoms with Crippen LogP contribution >= 0.6 is 12.2 Å². The summed E-state index contributed by atoms with van der Waals surface area (Å²) >= 11 is 5.07. The molecule has 25 heavy (non-hydrogen) atoms. The number of primary amides is 1. The van der Waals surface area contributed by atoms with Crippen molar-refractivity contribution in [2.24, 2.45) is 5.73 Å². The molecule has 0 fully saturated rings. The number of esters is 1. The molecule has 0 saturated carbocycles. The van der Waals surface area contributed by atoms with E-state index in [4.69, 9.17) is 18.0 Å². The number of anilines is 1. The minimum atomic E-state index is -0.565. The van der Waals surface area contributed by atoms with Gasteiger partial charge in [-0.25, -0.2) is 4.79 Å². The largest absolute Gasteiger partial charge is 0.465 e. The molecule has 0 heterocycles. The zero-order valence-corrected chi connectivity index (χ0v) is 14.1. The number of hydrogen-bond donors (Lipinski definition) is 3. The molecular weight excluding hydrogens is 342 g/mol. The highest BCUT2D eigenvalue weighted by molar-refractivity contribution is 7.80. The van der Waals surface area contributed by atoms with Gasteiger partial charge in [0.25, 0.3) is 5.91 Å². The van der Waals surface area contributed by atoms with Crippen LogP contribution in [0.4, 0.5) is 5.69 Å². The van der Waals surface area contributed by atoms with E-state index in [9.17, 15) is 14.4 Å². The van der Waals surface area contributed by atoms with Crippen molar-refractivity contribution in [1.29, 1.82) is 0 Å². The van der Waals surface area contributed by atoms with Crippen LogP contribution in [0, 0.1) is 0 Å². The van der Waals surface area contributed by atoms with Crippen molar-refractivity contribution in [3.05, 3.63) is 65.2 Å². The number of hydrogen-bond acceptors (Lipinski definition) is 5. The van der Waals surface area contributed by atoms with Gasteiger partial charge in [0.1, 0.15) is 0 Å². The Kier molecular flexibility index (Phi) is 5.80. The van der Waals surface area contributed by atoms with Crippen molar-refractivity contribution >= 4 is 40.8 Å². The number of carbonyl (C=O) groups excluding carboxylic acids is 3. The van der Waals surface area contributed by atoms with Gasteiger partial charge in [0.15, 0.2) is 5.11 Å². The molecule has 0 saturated heterocycles. The number of nitrogens with one attached hydrogen (secondary N) is 2. The van der Waals surface area contributed by atoms with Gasteiger partial charge < -0.3 is 15.8 Å². The molecule has 8 heteroatoms. The van der Waals surface area contributed by atoms with E-state index in [2.05, 4.69) is 15.4 Å². The fourth-order valence-electron chi connectivity index (χ4n) is 1.96. The summed E-state index contributed by atoms with van der Waals surface area (Å²) < 4.78 is 4.59. The first kappa shape index (κ1) is 18.1. The predicted octanol–water partition coefficient (Wildman–Crippen LogP) is 1.70. The van der Waals surface area contributed by atoms with Crippen molar-refractivity contribution in [1.82, 2.24) is 5.32 Å². The highest BCUT2D eigenvalue weighted by Crippen LogP contribution is 2.10. The van der Waals surface area contributed by atoms with E-state index in [-0.39, 0.29) is 5.11 Å². The second-order valence-electron chi connectivity index (χ2n) is 4.92. The Labute approximate surface area is 149 Å². The molecule has 2 aromatic carbocycles. The first-order valence-corrected chi connectivity index (χ1v) is 7.52. The van der Waals surface area contributed by atoms with E-state index in [0.29, 0.717) is 22.4 Å². The highest BCUT2D eigenvalue weighted by Gasteiger charge is 2.11. The second-order valence-corrected chi connectivity index (χ2v) is 5.33. The maximum absolute atomic E-state index is 12.1. The molecule has 0 unspecified atom stereocenters. The van der Waals surface area contributed by atoms with Crippen LogP contribution in [0.1, 0.15) is 31.1 Å². The van der Waals surface area contributed by atoms with E-state index in [0.717, 1.165) is 0 Å². The van der Waals surface area contributed by atoms with Gasteiger partial charge in [0.05, 0.1) is 12.7 Å². The van der Waals surface area contributed by atoms with E-state index in [1.807, 2.05) is 0 Å². The zero-order chi connectivity index (χ0) is 18.4. The summed E-state index contributed by atoms with van der Waals surface area (Å²) in [4.78, 5) is 34.7. The minimum absolute atomic E-state index is 0.0589. The van der Waals surface area contributed by atoms with Gasteiger partial charge in [-0.2, -0.15) is 0 Å². The molecule has 0 aliphatic rings. The van der Waals surface area contributed by atoms with Crippen LogP contribution in [0.3, 0.4) is 0 Å².